The minimum Gasteiger partial charge on any atom is -0.463 e. The summed E-state index contributed by atoms with van der Waals surface area (Å²) in [5.74, 6) is 3.20. The van der Waals surface area contributed by atoms with Crippen molar-refractivity contribution in [1.82, 2.24) is 0 Å². The summed E-state index contributed by atoms with van der Waals surface area (Å²) in [6.07, 6.45) is 6.45. The number of hydrogen-bond donors (Lipinski definition) is 1. The second-order valence-corrected chi connectivity index (χ2v) is 5.42. The molecule has 17 heavy (non-hydrogen) atoms. The lowest BCUT2D eigenvalue weighted by atomic mass is 10.1. The lowest BCUT2D eigenvalue weighted by Gasteiger charge is -2.07. The lowest BCUT2D eigenvalue weighted by Crippen LogP contribution is -1.95. The van der Waals surface area contributed by atoms with Crippen molar-refractivity contribution < 1.29 is 9.52 Å². The average Bonchev–Trinajstić information content (AvgIpc) is 2.87. The summed E-state index contributed by atoms with van der Waals surface area (Å²) >= 11 is 0. The molecule has 1 aromatic heterocycles. The van der Waals surface area contributed by atoms with Crippen LogP contribution in [0.1, 0.15) is 75.9 Å². The van der Waals surface area contributed by atoms with Crippen molar-refractivity contribution in [3.8, 4) is 0 Å². The van der Waals surface area contributed by atoms with Gasteiger partial charge in [0.15, 0.2) is 0 Å². The fraction of sp³-hybridized carbons (Fsp3) is 0.733. The van der Waals surface area contributed by atoms with Gasteiger partial charge in [0.2, 0.25) is 0 Å². The topological polar surface area (TPSA) is 33.4 Å². The molecule has 0 saturated heterocycles. The predicted molar refractivity (Wildman–Crippen MR) is 68.9 cm³/mol. The summed E-state index contributed by atoms with van der Waals surface area (Å²) in [5.41, 5.74) is 0. The Balaban J connectivity index is 1.78. The first-order valence-electron chi connectivity index (χ1n) is 7.00. The van der Waals surface area contributed by atoms with Crippen molar-refractivity contribution >= 4 is 0 Å². The highest BCUT2D eigenvalue weighted by molar-refractivity contribution is 5.18. The van der Waals surface area contributed by atoms with Crippen molar-refractivity contribution in [2.24, 2.45) is 5.92 Å². The van der Waals surface area contributed by atoms with Crippen LogP contribution >= 0.6 is 0 Å². The maximum atomic E-state index is 10.0. The highest BCUT2D eigenvalue weighted by Crippen LogP contribution is 2.47. The molecule has 0 spiro atoms. The van der Waals surface area contributed by atoms with E-state index in [0.29, 0.717) is 5.92 Å². The van der Waals surface area contributed by atoms with Crippen molar-refractivity contribution in [2.75, 3.05) is 0 Å². The van der Waals surface area contributed by atoms with Gasteiger partial charge >= 0.3 is 0 Å². The fourth-order valence-electron chi connectivity index (χ4n) is 2.37. The molecule has 96 valence electrons. The molecule has 3 atom stereocenters. The number of aliphatic hydroxyl groups excluding tert-OH is 1. The highest BCUT2D eigenvalue weighted by Gasteiger charge is 2.36. The maximum absolute atomic E-state index is 10.0. The number of unbranched alkanes of at least 4 members (excludes halogenated alkanes) is 3. The summed E-state index contributed by atoms with van der Waals surface area (Å²) in [7, 11) is 0. The van der Waals surface area contributed by atoms with Crippen LogP contribution in [0, 0.1) is 5.92 Å². The molecule has 0 aromatic carbocycles. The molecular formula is C15H24O2. The second kappa shape index (κ2) is 5.72. The Morgan fingerprint density at radius 2 is 2.12 bits per heavy atom. The van der Waals surface area contributed by atoms with Gasteiger partial charge in [-0.15, -0.1) is 0 Å². The molecule has 2 nitrogen and oxygen atoms in total. The van der Waals surface area contributed by atoms with E-state index in [1.807, 2.05) is 12.1 Å². The van der Waals surface area contributed by atoms with Crippen LogP contribution in [-0.2, 0) is 0 Å². The van der Waals surface area contributed by atoms with E-state index in [4.69, 9.17) is 4.42 Å². The Labute approximate surface area is 104 Å². The Morgan fingerprint density at radius 3 is 2.76 bits per heavy atom. The molecule has 1 fully saturated rings. The highest BCUT2D eigenvalue weighted by atomic mass is 16.4. The van der Waals surface area contributed by atoms with Gasteiger partial charge in [-0.2, -0.15) is 0 Å². The van der Waals surface area contributed by atoms with Crippen LogP contribution in [0.2, 0.25) is 0 Å². The molecule has 1 aromatic rings. The maximum Gasteiger partial charge on any atom is 0.132 e. The van der Waals surface area contributed by atoms with E-state index in [-0.39, 0.29) is 0 Å². The summed E-state index contributed by atoms with van der Waals surface area (Å²) in [6, 6.07) is 3.99. The number of hydrogen-bond acceptors (Lipinski definition) is 2. The van der Waals surface area contributed by atoms with Gasteiger partial charge in [-0.3, -0.25) is 0 Å². The van der Waals surface area contributed by atoms with Crippen LogP contribution in [0.3, 0.4) is 0 Å². The van der Waals surface area contributed by atoms with Gasteiger partial charge in [-0.05, 0) is 30.9 Å². The molecule has 2 rings (SSSR count). The SMILES string of the molecule is CCCCCCC(O)c1ccc(C2CC2C)o1. The first kappa shape index (κ1) is 12.7. The normalized spacial score (nSPS) is 24.9. The second-order valence-electron chi connectivity index (χ2n) is 5.42. The van der Waals surface area contributed by atoms with Crippen molar-refractivity contribution in [2.45, 2.75) is 64.4 Å². The van der Waals surface area contributed by atoms with Crippen molar-refractivity contribution in [1.29, 1.82) is 0 Å². The molecule has 1 N–H and O–H groups in total. The van der Waals surface area contributed by atoms with Crippen LogP contribution in [-0.4, -0.2) is 5.11 Å². The number of furan rings is 1. The summed E-state index contributed by atoms with van der Waals surface area (Å²) < 4.78 is 5.75. The zero-order valence-electron chi connectivity index (χ0n) is 11.0. The fourth-order valence-corrected chi connectivity index (χ4v) is 2.37. The average molecular weight is 236 g/mol. The molecule has 0 bridgehead atoms. The molecule has 0 amide bonds. The third-order valence-corrected chi connectivity index (χ3v) is 3.78. The van der Waals surface area contributed by atoms with Gasteiger partial charge in [0.1, 0.15) is 17.6 Å². The monoisotopic (exact) mass is 236 g/mol. The Bertz CT molecular complexity index is 342. The molecule has 2 heteroatoms. The molecule has 0 radical (unpaired) electrons. The van der Waals surface area contributed by atoms with E-state index in [0.717, 1.165) is 30.3 Å². The molecule has 1 aliphatic rings. The molecule has 1 heterocycles. The largest absolute Gasteiger partial charge is 0.463 e. The summed E-state index contributed by atoms with van der Waals surface area (Å²) in [4.78, 5) is 0. The van der Waals surface area contributed by atoms with Gasteiger partial charge in [-0.1, -0.05) is 39.5 Å². The van der Waals surface area contributed by atoms with Gasteiger partial charge in [0.25, 0.3) is 0 Å². The van der Waals surface area contributed by atoms with Gasteiger partial charge in [0.05, 0.1) is 0 Å². The van der Waals surface area contributed by atoms with Crippen LogP contribution in [0.5, 0.6) is 0 Å². The van der Waals surface area contributed by atoms with Gasteiger partial charge < -0.3 is 9.52 Å². The van der Waals surface area contributed by atoms with Crippen molar-refractivity contribution in [3.05, 3.63) is 23.7 Å². The molecule has 3 unspecified atom stereocenters. The summed E-state index contributed by atoms with van der Waals surface area (Å²) in [6.45, 7) is 4.44. The minimum atomic E-state index is -0.408. The summed E-state index contributed by atoms with van der Waals surface area (Å²) in [5, 5.41) is 10.0. The Hall–Kier alpha value is -0.760. The third kappa shape index (κ3) is 3.35. The van der Waals surface area contributed by atoms with Crippen LogP contribution < -0.4 is 0 Å². The standard InChI is InChI=1S/C15H24O2/c1-3-4-5-6-7-13(16)15-9-8-14(17-15)12-10-11(12)2/h8-9,11-13,16H,3-7,10H2,1-2H3. The number of aliphatic hydroxyl groups is 1. The first-order valence-corrected chi connectivity index (χ1v) is 7.00. The van der Waals surface area contributed by atoms with E-state index < -0.39 is 6.10 Å². The Morgan fingerprint density at radius 1 is 1.35 bits per heavy atom. The third-order valence-electron chi connectivity index (χ3n) is 3.78. The van der Waals surface area contributed by atoms with E-state index in [1.54, 1.807) is 0 Å². The van der Waals surface area contributed by atoms with E-state index in [1.165, 1.54) is 25.7 Å². The zero-order chi connectivity index (χ0) is 12.3. The van der Waals surface area contributed by atoms with Crippen LogP contribution in [0.4, 0.5) is 0 Å². The van der Waals surface area contributed by atoms with E-state index in [9.17, 15) is 5.11 Å². The van der Waals surface area contributed by atoms with Crippen molar-refractivity contribution in [3.63, 3.8) is 0 Å². The molecule has 1 aliphatic carbocycles. The predicted octanol–water partition coefficient (Wildman–Crippen LogP) is 4.41. The number of rotatable bonds is 7. The van der Waals surface area contributed by atoms with Gasteiger partial charge in [0, 0.05) is 5.92 Å². The van der Waals surface area contributed by atoms with E-state index >= 15 is 0 Å². The zero-order valence-corrected chi connectivity index (χ0v) is 11.0. The van der Waals surface area contributed by atoms with Crippen LogP contribution in [0.25, 0.3) is 0 Å². The van der Waals surface area contributed by atoms with Crippen LogP contribution in [0.15, 0.2) is 16.5 Å². The smallest absolute Gasteiger partial charge is 0.132 e. The molecule has 0 aliphatic heterocycles. The minimum absolute atomic E-state index is 0.408. The van der Waals surface area contributed by atoms with E-state index in [2.05, 4.69) is 13.8 Å². The Kier molecular flexibility index (Phi) is 4.27. The lowest BCUT2D eigenvalue weighted by molar-refractivity contribution is 0.135. The molecular weight excluding hydrogens is 212 g/mol. The first-order chi connectivity index (χ1) is 8.22. The van der Waals surface area contributed by atoms with Gasteiger partial charge in [-0.25, -0.2) is 0 Å². The molecule has 1 saturated carbocycles. The quantitative estimate of drug-likeness (QED) is 0.711.